The van der Waals surface area contributed by atoms with Gasteiger partial charge in [0, 0.05) is 26.6 Å². The van der Waals surface area contributed by atoms with Crippen LogP contribution < -0.4 is 4.72 Å². The first kappa shape index (κ1) is 19.0. The van der Waals surface area contributed by atoms with Crippen molar-refractivity contribution in [2.24, 2.45) is 0 Å². The van der Waals surface area contributed by atoms with Crippen LogP contribution >= 0.6 is 0 Å². The van der Waals surface area contributed by atoms with Crippen LogP contribution in [0.15, 0.2) is 53.4 Å². The topological polar surface area (TPSA) is 66.5 Å². The molecule has 0 spiro atoms. The summed E-state index contributed by atoms with van der Waals surface area (Å²) in [5, 5.41) is 0. The van der Waals surface area contributed by atoms with Crippen LogP contribution in [0.25, 0.3) is 0 Å². The van der Waals surface area contributed by atoms with E-state index in [2.05, 4.69) is 4.72 Å². The number of rotatable bonds is 7. The van der Waals surface area contributed by atoms with Crippen molar-refractivity contribution in [3.63, 3.8) is 0 Å². The van der Waals surface area contributed by atoms with E-state index >= 15 is 0 Å². The van der Waals surface area contributed by atoms with Crippen molar-refractivity contribution in [3.05, 3.63) is 65.7 Å². The Balaban J connectivity index is 1.84. The minimum Gasteiger partial charge on any atom is -0.341 e. The molecule has 0 aliphatic carbocycles. The SMILES string of the molecule is CN(Cc1ccc(F)cc1)C(=O)CCNS(=O)(=O)c1ccc(F)cc1. The normalized spacial score (nSPS) is 11.3. The number of hydrogen-bond donors (Lipinski definition) is 1. The first-order chi connectivity index (χ1) is 11.8. The van der Waals surface area contributed by atoms with Crippen LogP contribution in [-0.4, -0.2) is 32.8 Å². The second kappa shape index (κ2) is 8.17. The van der Waals surface area contributed by atoms with Gasteiger partial charge < -0.3 is 4.90 Å². The van der Waals surface area contributed by atoms with Crippen LogP contribution in [0.2, 0.25) is 0 Å². The number of nitrogens with zero attached hydrogens (tertiary/aromatic N) is 1. The summed E-state index contributed by atoms with van der Waals surface area (Å²) in [5.41, 5.74) is 0.768. The molecular formula is C17H18F2N2O3S. The third-order valence-electron chi connectivity index (χ3n) is 3.51. The van der Waals surface area contributed by atoms with Crippen molar-refractivity contribution in [2.75, 3.05) is 13.6 Å². The van der Waals surface area contributed by atoms with Gasteiger partial charge >= 0.3 is 0 Å². The third-order valence-corrected chi connectivity index (χ3v) is 4.99. The molecule has 0 heterocycles. The van der Waals surface area contributed by atoms with Crippen LogP contribution in [0.1, 0.15) is 12.0 Å². The fourth-order valence-corrected chi connectivity index (χ4v) is 3.16. The van der Waals surface area contributed by atoms with E-state index in [-0.39, 0.29) is 29.6 Å². The Labute approximate surface area is 145 Å². The van der Waals surface area contributed by atoms with Crippen molar-refractivity contribution in [2.45, 2.75) is 17.9 Å². The molecular weight excluding hydrogens is 350 g/mol. The Morgan fingerprint density at radius 1 is 1.00 bits per heavy atom. The van der Waals surface area contributed by atoms with Gasteiger partial charge in [-0.25, -0.2) is 21.9 Å². The lowest BCUT2D eigenvalue weighted by Crippen LogP contribution is -2.31. The highest BCUT2D eigenvalue weighted by Crippen LogP contribution is 2.10. The van der Waals surface area contributed by atoms with Crippen LogP contribution in [0.3, 0.4) is 0 Å². The summed E-state index contributed by atoms with van der Waals surface area (Å²) >= 11 is 0. The Morgan fingerprint density at radius 2 is 1.52 bits per heavy atom. The van der Waals surface area contributed by atoms with Crippen LogP contribution in [-0.2, 0) is 21.4 Å². The molecule has 0 unspecified atom stereocenters. The maximum atomic E-state index is 12.9. The van der Waals surface area contributed by atoms with E-state index in [1.54, 1.807) is 19.2 Å². The Kier molecular flexibility index (Phi) is 6.22. The molecule has 0 fully saturated rings. The fraction of sp³-hybridized carbons (Fsp3) is 0.235. The number of hydrogen-bond acceptors (Lipinski definition) is 3. The van der Waals surface area contributed by atoms with Crippen molar-refractivity contribution in [3.8, 4) is 0 Å². The highest BCUT2D eigenvalue weighted by atomic mass is 32.2. The van der Waals surface area contributed by atoms with Crippen molar-refractivity contribution in [1.82, 2.24) is 9.62 Å². The van der Waals surface area contributed by atoms with E-state index < -0.39 is 15.8 Å². The summed E-state index contributed by atoms with van der Waals surface area (Å²) in [7, 11) is -2.21. The molecule has 2 aromatic rings. The van der Waals surface area contributed by atoms with Crippen molar-refractivity contribution >= 4 is 15.9 Å². The van der Waals surface area contributed by atoms with Gasteiger partial charge in [-0.15, -0.1) is 0 Å². The van der Waals surface area contributed by atoms with Crippen LogP contribution in [0.4, 0.5) is 8.78 Å². The zero-order valence-electron chi connectivity index (χ0n) is 13.6. The number of carbonyl (C=O) groups is 1. The molecule has 2 aromatic carbocycles. The van der Waals surface area contributed by atoms with Crippen LogP contribution in [0.5, 0.6) is 0 Å². The van der Waals surface area contributed by atoms with Gasteiger partial charge in [0.15, 0.2) is 0 Å². The molecule has 0 aliphatic heterocycles. The summed E-state index contributed by atoms with van der Waals surface area (Å²) in [5.74, 6) is -1.14. The monoisotopic (exact) mass is 368 g/mol. The van der Waals surface area contributed by atoms with Gasteiger partial charge in [-0.05, 0) is 42.0 Å². The Hall–Kier alpha value is -2.32. The molecule has 134 valence electrons. The summed E-state index contributed by atoms with van der Waals surface area (Å²) in [4.78, 5) is 13.4. The molecule has 0 aromatic heterocycles. The molecule has 1 N–H and O–H groups in total. The number of benzene rings is 2. The van der Waals surface area contributed by atoms with E-state index in [1.165, 1.54) is 17.0 Å². The molecule has 2 rings (SSSR count). The highest BCUT2D eigenvalue weighted by Gasteiger charge is 2.15. The van der Waals surface area contributed by atoms with Gasteiger partial charge in [0.1, 0.15) is 11.6 Å². The summed E-state index contributed by atoms with van der Waals surface area (Å²) in [6.45, 7) is 0.218. The third kappa shape index (κ3) is 5.61. The molecule has 0 bridgehead atoms. The molecule has 0 aliphatic rings. The molecule has 8 heteroatoms. The lowest BCUT2D eigenvalue weighted by atomic mass is 10.2. The molecule has 0 saturated carbocycles. The lowest BCUT2D eigenvalue weighted by Gasteiger charge is -2.17. The van der Waals surface area contributed by atoms with E-state index in [1.807, 2.05) is 0 Å². The second-order valence-corrected chi connectivity index (χ2v) is 7.24. The summed E-state index contributed by atoms with van der Waals surface area (Å²) in [6.07, 6.45) is -0.0296. The minimum absolute atomic E-state index is 0.0296. The van der Waals surface area contributed by atoms with Gasteiger partial charge in [-0.1, -0.05) is 12.1 Å². The minimum atomic E-state index is -3.79. The fourth-order valence-electron chi connectivity index (χ4n) is 2.13. The molecule has 0 radical (unpaired) electrons. The standard InChI is InChI=1S/C17H18F2N2O3S/c1-21(12-13-2-4-14(18)5-3-13)17(22)10-11-20-25(23,24)16-8-6-15(19)7-9-16/h2-9,20H,10-12H2,1H3. The average molecular weight is 368 g/mol. The summed E-state index contributed by atoms with van der Waals surface area (Å²) in [6, 6.07) is 10.2. The molecule has 1 amide bonds. The smallest absolute Gasteiger partial charge is 0.240 e. The molecule has 25 heavy (non-hydrogen) atoms. The van der Waals surface area contributed by atoms with E-state index in [9.17, 15) is 22.0 Å². The van der Waals surface area contributed by atoms with Crippen molar-refractivity contribution < 1.29 is 22.0 Å². The predicted molar refractivity (Wildman–Crippen MR) is 89.1 cm³/mol. The Morgan fingerprint density at radius 3 is 2.08 bits per heavy atom. The van der Waals surface area contributed by atoms with E-state index in [0.717, 1.165) is 29.8 Å². The molecule has 0 atom stereocenters. The van der Waals surface area contributed by atoms with Crippen LogP contribution in [0, 0.1) is 11.6 Å². The highest BCUT2D eigenvalue weighted by molar-refractivity contribution is 7.89. The van der Waals surface area contributed by atoms with Gasteiger partial charge in [-0.3, -0.25) is 4.79 Å². The van der Waals surface area contributed by atoms with E-state index in [0.29, 0.717) is 6.54 Å². The molecule has 5 nitrogen and oxygen atoms in total. The first-order valence-electron chi connectivity index (χ1n) is 7.51. The van der Waals surface area contributed by atoms with Gasteiger partial charge in [-0.2, -0.15) is 0 Å². The maximum Gasteiger partial charge on any atom is 0.240 e. The van der Waals surface area contributed by atoms with Gasteiger partial charge in [0.2, 0.25) is 15.9 Å². The van der Waals surface area contributed by atoms with Crippen molar-refractivity contribution in [1.29, 1.82) is 0 Å². The lowest BCUT2D eigenvalue weighted by molar-refractivity contribution is -0.130. The quantitative estimate of drug-likeness (QED) is 0.815. The zero-order valence-corrected chi connectivity index (χ0v) is 14.4. The largest absolute Gasteiger partial charge is 0.341 e. The number of nitrogens with one attached hydrogen (secondary N) is 1. The van der Waals surface area contributed by atoms with Gasteiger partial charge in [0.25, 0.3) is 0 Å². The van der Waals surface area contributed by atoms with Gasteiger partial charge in [0.05, 0.1) is 4.90 Å². The Bertz CT molecular complexity index is 822. The zero-order chi connectivity index (χ0) is 18.4. The predicted octanol–water partition coefficient (Wildman–Crippen LogP) is 2.29. The average Bonchev–Trinajstić information content (AvgIpc) is 2.57. The summed E-state index contributed by atoms with van der Waals surface area (Å²) < 4.78 is 52.0. The molecule has 0 saturated heterocycles. The number of sulfonamides is 1. The maximum absolute atomic E-state index is 12.9. The number of amides is 1. The number of carbonyl (C=O) groups excluding carboxylic acids is 1. The number of halogens is 2. The van der Waals surface area contributed by atoms with E-state index in [4.69, 9.17) is 0 Å². The first-order valence-corrected chi connectivity index (χ1v) is 9.00. The second-order valence-electron chi connectivity index (χ2n) is 5.48.